The number of amides is 1. The lowest BCUT2D eigenvalue weighted by atomic mass is 9.69. The minimum atomic E-state index is -0.596. The Bertz CT molecular complexity index is 1630. The van der Waals surface area contributed by atoms with E-state index in [1.165, 1.54) is 17.2 Å². The molecule has 246 valence electrons. The summed E-state index contributed by atoms with van der Waals surface area (Å²) in [6.45, 7) is 10.5. The number of rotatable bonds is 5. The summed E-state index contributed by atoms with van der Waals surface area (Å²) in [7, 11) is 2.06. The van der Waals surface area contributed by atoms with Crippen molar-refractivity contribution >= 4 is 17.5 Å². The number of imidazole rings is 1. The first kappa shape index (κ1) is 31.8. The molecule has 3 atom stereocenters. The van der Waals surface area contributed by atoms with Gasteiger partial charge in [0.2, 0.25) is 5.91 Å². The number of aromatic nitrogens is 2. The first-order valence-electron chi connectivity index (χ1n) is 16.8. The molecule has 1 amide bonds. The molecule has 0 saturated carbocycles. The summed E-state index contributed by atoms with van der Waals surface area (Å²) in [5.41, 5.74) is 3.91. The summed E-state index contributed by atoms with van der Waals surface area (Å²) in [6, 6.07) is 8.59. The van der Waals surface area contributed by atoms with Gasteiger partial charge < -0.3 is 14.2 Å². The molecule has 3 aromatic rings. The zero-order chi connectivity index (χ0) is 32.4. The van der Waals surface area contributed by atoms with Crippen molar-refractivity contribution in [1.82, 2.24) is 19.4 Å². The van der Waals surface area contributed by atoms with E-state index in [4.69, 9.17) is 21.3 Å². The number of ether oxygens (including phenoxy) is 1. The molecule has 4 aliphatic rings. The number of likely N-dealkylation sites (tertiary alicyclic amines) is 2. The number of hydrogen-bond acceptors (Lipinski definition) is 4. The van der Waals surface area contributed by atoms with Crippen molar-refractivity contribution in [1.29, 1.82) is 0 Å². The second kappa shape index (κ2) is 12.0. The van der Waals surface area contributed by atoms with Gasteiger partial charge in [0.25, 0.3) is 0 Å². The van der Waals surface area contributed by atoms with Crippen LogP contribution < -0.4 is 0 Å². The van der Waals surface area contributed by atoms with Crippen molar-refractivity contribution in [2.24, 2.45) is 13.0 Å². The van der Waals surface area contributed by atoms with Gasteiger partial charge in [0, 0.05) is 87.3 Å². The van der Waals surface area contributed by atoms with Gasteiger partial charge in [0.1, 0.15) is 17.5 Å². The van der Waals surface area contributed by atoms with Crippen LogP contribution in [0.4, 0.5) is 8.78 Å². The zero-order valence-corrected chi connectivity index (χ0v) is 28.1. The van der Waals surface area contributed by atoms with Crippen LogP contribution in [-0.2, 0) is 27.4 Å². The number of piperidine rings is 1. The van der Waals surface area contributed by atoms with Crippen LogP contribution in [0.1, 0.15) is 85.9 Å². The van der Waals surface area contributed by atoms with E-state index >= 15 is 4.39 Å². The molecule has 3 aliphatic heterocycles. The number of halogens is 3. The van der Waals surface area contributed by atoms with Gasteiger partial charge in [0.05, 0.1) is 5.92 Å². The van der Waals surface area contributed by atoms with Gasteiger partial charge in [-0.1, -0.05) is 37.6 Å². The fourth-order valence-electron chi connectivity index (χ4n) is 9.26. The predicted octanol–water partition coefficient (Wildman–Crippen LogP) is 6.88. The van der Waals surface area contributed by atoms with Crippen molar-refractivity contribution in [2.45, 2.75) is 81.6 Å². The Balaban J connectivity index is 1.15. The third-order valence-electron chi connectivity index (χ3n) is 11.9. The summed E-state index contributed by atoms with van der Waals surface area (Å²) >= 11 is 6.77. The van der Waals surface area contributed by atoms with Crippen molar-refractivity contribution in [3.8, 4) is 0 Å². The molecular formula is C37H45ClF2N4O2. The summed E-state index contributed by atoms with van der Waals surface area (Å²) in [6.07, 6.45) is 8.38. The van der Waals surface area contributed by atoms with Crippen LogP contribution in [0.2, 0.25) is 5.02 Å². The highest BCUT2D eigenvalue weighted by atomic mass is 35.5. The van der Waals surface area contributed by atoms with Gasteiger partial charge in [0.15, 0.2) is 0 Å². The monoisotopic (exact) mass is 650 g/mol. The minimum Gasteiger partial charge on any atom is -0.381 e. The Morgan fingerprint density at radius 2 is 1.80 bits per heavy atom. The molecule has 1 aromatic heterocycles. The summed E-state index contributed by atoms with van der Waals surface area (Å²) in [5.74, 6) is -0.441. The van der Waals surface area contributed by atoms with Crippen LogP contribution in [-0.4, -0.2) is 70.7 Å². The number of fused-ring (bicyclic) bond motifs is 2. The van der Waals surface area contributed by atoms with E-state index in [-0.39, 0.29) is 34.5 Å². The molecule has 4 heterocycles. The van der Waals surface area contributed by atoms with Crippen molar-refractivity contribution < 1.29 is 18.3 Å². The molecule has 2 aromatic carbocycles. The molecular weight excluding hydrogens is 606 g/mol. The molecule has 1 aliphatic carbocycles. The van der Waals surface area contributed by atoms with E-state index in [0.29, 0.717) is 51.0 Å². The van der Waals surface area contributed by atoms with Crippen LogP contribution in [0.25, 0.3) is 0 Å². The van der Waals surface area contributed by atoms with E-state index in [2.05, 4.69) is 49.4 Å². The molecule has 6 nitrogen and oxygen atoms in total. The molecule has 0 bridgehead atoms. The highest BCUT2D eigenvalue weighted by Gasteiger charge is 2.52. The number of nitrogens with zero attached hydrogens (tertiary/aromatic N) is 4. The second-order valence-corrected chi connectivity index (χ2v) is 15.2. The number of carbonyl (C=O) groups excluding carboxylic acids is 1. The van der Waals surface area contributed by atoms with E-state index in [1.807, 2.05) is 17.3 Å². The molecule has 0 radical (unpaired) electrons. The zero-order valence-electron chi connectivity index (χ0n) is 27.4. The van der Waals surface area contributed by atoms with Gasteiger partial charge in [-0.05, 0) is 84.7 Å². The summed E-state index contributed by atoms with van der Waals surface area (Å²) in [4.78, 5) is 23.5. The maximum absolute atomic E-state index is 15.2. The van der Waals surface area contributed by atoms with Crippen LogP contribution in [0, 0.1) is 24.5 Å². The van der Waals surface area contributed by atoms with Crippen molar-refractivity contribution in [3.05, 3.63) is 87.5 Å². The molecule has 7 rings (SSSR count). The van der Waals surface area contributed by atoms with E-state index in [1.54, 1.807) is 6.07 Å². The van der Waals surface area contributed by atoms with Crippen molar-refractivity contribution in [3.63, 3.8) is 0 Å². The smallest absolute Gasteiger partial charge is 0.227 e. The van der Waals surface area contributed by atoms with E-state index < -0.39 is 11.6 Å². The lowest BCUT2D eigenvalue weighted by Crippen LogP contribution is -2.48. The van der Waals surface area contributed by atoms with Crippen molar-refractivity contribution in [2.75, 3.05) is 39.4 Å². The molecule has 3 saturated heterocycles. The van der Waals surface area contributed by atoms with Crippen LogP contribution >= 0.6 is 11.6 Å². The molecule has 3 fully saturated rings. The number of carbonyl (C=O) groups is 1. The first-order valence-corrected chi connectivity index (χ1v) is 17.2. The normalized spacial score (nSPS) is 25.4. The number of hydrogen-bond donors (Lipinski definition) is 0. The average Bonchev–Trinajstić information content (AvgIpc) is 3.75. The van der Waals surface area contributed by atoms with Gasteiger partial charge >= 0.3 is 0 Å². The standard InChI is InChI=1S/C37H45ClF2N4O2/c1-23-17-27-30(19-32(23)38)37(20-31(27)36(2,3)35-41-11-14-42(35)4)9-12-43(13-10-37)34(45)29-22-44(25-7-15-46-16-8-25)21-28(29)26-6-5-24(39)18-33(26)40/h5-6,11,14,17-19,25,28-29,31H,7-10,12-13,15-16,20-22H2,1-4H3/t28-,29+,31-/m0/s1. The lowest BCUT2D eigenvalue weighted by Gasteiger charge is -2.42. The second-order valence-electron chi connectivity index (χ2n) is 14.8. The third kappa shape index (κ3) is 5.38. The topological polar surface area (TPSA) is 50.6 Å². The van der Waals surface area contributed by atoms with E-state index in [0.717, 1.165) is 54.6 Å². The van der Waals surface area contributed by atoms with Gasteiger partial charge in [-0.25, -0.2) is 13.8 Å². The number of benzene rings is 2. The Labute approximate surface area is 276 Å². The average molecular weight is 651 g/mol. The third-order valence-corrected chi connectivity index (χ3v) is 12.3. The maximum atomic E-state index is 15.2. The van der Waals surface area contributed by atoms with Crippen LogP contribution in [0.5, 0.6) is 0 Å². The highest BCUT2D eigenvalue weighted by molar-refractivity contribution is 6.31. The first-order chi connectivity index (χ1) is 22.0. The summed E-state index contributed by atoms with van der Waals surface area (Å²) < 4.78 is 36.8. The number of aryl methyl sites for hydroxylation is 2. The van der Waals surface area contributed by atoms with E-state index in [9.17, 15) is 9.18 Å². The fraction of sp³-hybridized carbons (Fsp3) is 0.568. The summed E-state index contributed by atoms with van der Waals surface area (Å²) in [5, 5.41) is 0.787. The minimum absolute atomic E-state index is 0.0805. The van der Waals surface area contributed by atoms with Gasteiger partial charge in [-0.3, -0.25) is 9.69 Å². The Hall–Kier alpha value is -2.81. The Morgan fingerprint density at radius 3 is 2.48 bits per heavy atom. The SMILES string of the molecule is Cc1cc2c(cc1Cl)C1(CCN(C(=O)[C@@H]3CN(C4CCOCC4)C[C@H]3c3ccc(F)cc3F)CC1)C[C@@H]2C(C)(C)c1nccn1C. The molecule has 1 spiro atoms. The predicted molar refractivity (Wildman–Crippen MR) is 175 cm³/mol. The fourth-order valence-corrected chi connectivity index (χ4v) is 9.43. The van der Waals surface area contributed by atoms with Gasteiger partial charge in [-0.2, -0.15) is 0 Å². The molecule has 0 unspecified atom stereocenters. The molecule has 0 N–H and O–H groups in total. The quantitative estimate of drug-likeness (QED) is 0.302. The largest absolute Gasteiger partial charge is 0.381 e. The van der Waals surface area contributed by atoms with Crippen LogP contribution in [0.15, 0.2) is 42.7 Å². The Kier molecular flexibility index (Phi) is 8.30. The maximum Gasteiger partial charge on any atom is 0.227 e. The molecule has 46 heavy (non-hydrogen) atoms. The lowest BCUT2D eigenvalue weighted by molar-refractivity contribution is -0.137. The highest BCUT2D eigenvalue weighted by Crippen LogP contribution is 2.58. The van der Waals surface area contributed by atoms with Crippen LogP contribution in [0.3, 0.4) is 0 Å². The Morgan fingerprint density at radius 1 is 1.07 bits per heavy atom. The molecule has 9 heteroatoms. The van der Waals surface area contributed by atoms with Gasteiger partial charge in [-0.15, -0.1) is 0 Å².